The van der Waals surface area contributed by atoms with Crippen molar-refractivity contribution in [1.82, 2.24) is 5.32 Å². The van der Waals surface area contributed by atoms with Gasteiger partial charge in [0.2, 0.25) is 5.91 Å². The van der Waals surface area contributed by atoms with Gasteiger partial charge in [-0.15, -0.1) is 0 Å². The molecule has 0 unspecified atom stereocenters. The Morgan fingerprint density at radius 1 is 1.15 bits per heavy atom. The number of benzene rings is 2. The van der Waals surface area contributed by atoms with E-state index >= 15 is 0 Å². The first-order chi connectivity index (χ1) is 9.69. The summed E-state index contributed by atoms with van der Waals surface area (Å²) in [6.07, 6.45) is 0.280. The summed E-state index contributed by atoms with van der Waals surface area (Å²) >= 11 is 0. The van der Waals surface area contributed by atoms with Crippen LogP contribution in [0.1, 0.15) is 11.1 Å². The molecule has 0 heterocycles. The fourth-order valence-corrected chi connectivity index (χ4v) is 1.90. The monoisotopic (exact) mass is 271 g/mol. The summed E-state index contributed by atoms with van der Waals surface area (Å²) in [6.45, 7) is 0.439. The highest BCUT2D eigenvalue weighted by Crippen LogP contribution is 2.17. The Bertz CT molecular complexity index is 579. The van der Waals surface area contributed by atoms with Gasteiger partial charge in [0.05, 0.1) is 13.5 Å². The number of carbonyl (C=O) groups is 1. The van der Waals surface area contributed by atoms with E-state index in [2.05, 4.69) is 5.32 Å². The van der Waals surface area contributed by atoms with Gasteiger partial charge in [-0.3, -0.25) is 4.79 Å². The SMILES string of the molecule is COc1ccccc1CC(=O)NCc1ccc(O)cc1. The van der Waals surface area contributed by atoms with Crippen molar-refractivity contribution in [3.63, 3.8) is 0 Å². The topological polar surface area (TPSA) is 58.6 Å². The molecule has 0 spiro atoms. The van der Waals surface area contributed by atoms with E-state index in [0.717, 1.165) is 11.1 Å². The second-order valence-electron chi connectivity index (χ2n) is 4.43. The molecule has 0 fully saturated rings. The van der Waals surface area contributed by atoms with Crippen molar-refractivity contribution in [2.75, 3.05) is 7.11 Å². The van der Waals surface area contributed by atoms with Crippen LogP contribution in [0.25, 0.3) is 0 Å². The Morgan fingerprint density at radius 3 is 2.55 bits per heavy atom. The number of methoxy groups -OCH3 is 1. The summed E-state index contributed by atoms with van der Waals surface area (Å²) in [4.78, 5) is 11.9. The Hall–Kier alpha value is -2.49. The van der Waals surface area contributed by atoms with Crippen LogP contribution in [0, 0.1) is 0 Å². The molecular formula is C16H17NO3. The number of amides is 1. The molecular weight excluding hydrogens is 254 g/mol. The maximum atomic E-state index is 11.9. The zero-order valence-corrected chi connectivity index (χ0v) is 11.3. The van der Waals surface area contributed by atoms with Gasteiger partial charge in [0.1, 0.15) is 11.5 Å². The molecule has 2 rings (SSSR count). The van der Waals surface area contributed by atoms with Gasteiger partial charge in [-0.25, -0.2) is 0 Å². The molecule has 104 valence electrons. The van der Waals surface area contributed by atoms with Gasteiger partial charge in [-0.05, 0) is 23.8 Å². The van der Waals surface area contributed by atoms with E-state index in [-0.39, 0.29) is 18.1 Å². The van der Waals surface area contributed by atoms with Crippen LogP contribution in [0.2, 0.25) is 0 Å². The molecule has 0 aliphatic rings. The molecule has 2 N–H and O–H groups in total. The van der Waals surface area contributed by atoms with E-state index in [1.807, 2.05) is 24.3 Å². The standard InChI is InChI=1S/C16H17NO3/c1-20-15-5-3-2-4-13(15)10-16(19)17-11-12-6-8-14(18)9-7-12/h2-9,18H,10-11H2,1H3,(H,17,19). The Morgan fingerprint density at radius 2 is 1.85 bits per heavy atom. The van der Waals surface area contributed by atoms with Crippen molar-refractivity contribution in [3.8, 4) is 11.5 Å². The third-order valence-electron chi connectivity index (χ3n) is 2.97. The lowest BCUT2D eigenvalue weighted by molar-refractivity contribution is -0.120. The Kier molecular flexibility index (Phi) is 4.60. The lowest BCUT2D eigenvalue weighted by Crippen LogP contribution is -2.24. The quantitative estimate of drug-likeness (QED) is 0.877. The van der Waals surface area contributed by atoms with Gasteiger partial charge in [-0.1, -0.05) is 30.3 Å². The van der Waals surface area contributed by atoms with Crippen LogP contribution in [-0.4, -0.2) is 18.1 Å². The highest BCUT2D eigenvalue weighted by atomic mass is 16.5. The van der Waals surface area contributed by atoms with Gasteiger partial charge in [0.25, 0.3) is 0 Å². The number of carbonyl (C=O) groups excluding carboxylic acids is 1. The van der Waals surface area contributed by atoms with Gasteiger partial charge in [0.15, 0.2) is 0 Å². The predicted molar refractivity (Wildman–Crippen MR) is 76.7 cm³/mol. The number of ether oxygens (including phenoxy) is 1. The van der Waals surface area contributed by atoms with Gasteiger partial charge in [0, 0.05) is 12.1 Å². The summed E-state index contributed by atoms with van der Waals surface area (Å²) in [7, 11) is 1.59. The zero-order valence-electron chi connectivity index (χ0n) is 11.3. The van der Waals surface area contributed by atoms with E-state index in [0.29, 0.717) is 12.3 Å². The highest BCUT2D eigenvalue weighted by molar-refractivity contribution is 5.79. The summed E-state index contributed by atoms with van der Waals surface area (Å²) in [5, 5.41) is 12.0. The van der Waals surface area contributed by atoms with E-state index in [9.17, 15) is 9.90 Å². The minimum Gasteiger partial charge on any atom is -0.508 e. The summed E-state index contributed by atoms with van der Waals surface area (Å²) in [6, 6.07) is 14.2. The number of rotatable bonds is 5. The van der Waals surface area contributed by atoms with Crippen molar-refractivity contribution < 1.29 is 14.6 Å². The number of hydrogen-bond donors (Lipinski definition) is 2. The molecule has 0 saturated carbocycles. The molecule has 0 radical (unpaired) electrons. The number of para-hydroxylation sites is 1. The smallest absolute Gasteiger partial charge is 0.224 e. The minimum atomic E-state index is -0.0671. The lowest BCUT2D eigenvalue weighted by atomic mass is 10.1. The summed E-state index contributed by atoms with van der Waals surface area (Å²) in [5.41, 5.74) is 1.80. The third-order valence-corrected chi connectivity index (χ3v) is 2.97. The second-order valence-corrected chi connectivity index (χ2v) is 4.43. The first kappa shape index (κ1) is 13.9. The van der Waals surface area contributed by atoms with Gasteiger partial charge in [-0.2, -0.15) is 0 Å². The Balaban J connectivity index is 1.91. The first-order valence-corrected chi connectivity index (χ1v) is 6.35. The minimum absolute atomic E-state index is 0.0671. The molecule has 2 aromatic carbocycles. The van der Waals surface area contributed by atoms with Crippen LogP contribution in [0.4, 0.5) is 0 Å². The fraction of sp³-hybridized carbons (Fsp3) is 0.188. The van der Waals surface area contributed by atoms with E-state index in [1.54, 1.807) is 31.4 Å². The van der Waals surface area contributed by atoms with E-state index < -0.39 is 0 Å². The molecule has 0 atom stereocenters. The average Bonchev–Trinajstić information content (AvgIpc) is 2.47. The predicted octanol–water partition coefficient (Wildman–Crippen LogP) is 2.26. The molecule has 1 amide bonds. The van der Waals surface area contributed by atoms with Gasteiger partial charge >= 0.3 is 0 Å². The molecule has 4 nitrogen and oxygen atoms in total. The molecule has 20 heavy (non-hydrogen) atoms. The molecule has 0 aliphatic carbocycles. The maximum absolute atomic E-state index is 11.9. The van der Waals surface area contributed by atoms with Crippen LogP contribution in [0.5, 0.6) is 11.5 Å². The number of phenolic OH excluding ortho intramolecular Hbond substituents is 1. The fourth-order valence-electron chi connectivity index (χ4n) is 1.90. The number of hydrogen-bond acceptors (Lipinski definition) is 3. The van der Waals surface area contributed by atoms with E-state index in [1.165, 1.54) is 0 Å². The first-order valence-electron chi connectivity index (χ1n) is 6.35. The van der Waals surface area contributed by atoms with Crippen LogP contribution in [0.15, 0.2) is 48.5 Å². The lowest BCUT2D eigenvalue weighted by Gasteiger charge is -2.09. The summed E-state index contributed by atoms with van der Waals surface area (Å²) < 4.78 is 5.21. The molecule has 0 aromatic heterocycles. The van der Waals surface area contributed by atoms with Crippen LogP contribution < -0.4 is 10.1 Å². The van der Waals surface area contributed by atoms with Crippen LogP contribution in [0.3, 0.4) is 0 Å². The van der Waals surface area contributed by atoms with Crippen molar-refractivity contribution in [1.29, 1.82) is 0 Å². The van der Waals surface area contributed by atoms with Crippen LogP contribution in [-0.2, 0) is 17.8 Å². The summed E-state index contributed by atoms with van der Waals surface area (Å²) in [5.74, 6) is 0.865. The van der Waals surface area contributed by atoms with Crippen molar-refractivity contribution >= 4 is 5.91 Å². The number of aromatic hydroxyl groups is 1. The zero-order chi connectivity index (χ0) is 14.4. The number of nitrogens with one attached hydrogen (secondary N) is 1. The second kappa shape index (κ2) is 6.61. The normalized spacial score (nSPS) is 10.1. The van der Waals surface area contributed by atoms with Crippen molar-refractivity contribution in [2.45, 2.75) is 13.0 Å². The average molecular weight is 271 g/mol. The highest BCUT2D eigenvalue weighted by Gasteiger charge is 2.07. The maximum Gasteiger partial charge on any atom is 0.224 e. The van der Waals surface area contributed by atoms with Crippen molar-refractivity contribution in [3.05, 3.63) is 59.7 Å². The molecule has 4 heteroatoms. The van der Waals surface area contributed by atoms with E-state index in [4.69, 9.17) is 4.74 Å². The molecule has 0 aliphatic heterocycles. The molecule has 0 saturated heterocycles. The largest absolute Gasteiger partial charge is 0.508 e. The number of phenols is 1. The van der Waals surface area contributed by atoms with Crippen LogP contribution >= 0.6 is 0 Å². The Labute approximate surface area is 118 Å². The molecule has 2 aromatic rings. The van der Waals surface area contributed by atoms with Crippen molar-refractivity contribution in [2.24, 2.45) is 0 Å². The van der Waals surface area contributed by atoms with Gasteiger partial charge < -0.3 is 15.2 Å². The third kappa shape index (κ3) is 3.75. The molecule has 0 bridgehead atoms.